The minimum atomic E-state index is 0.0296. The van der Waals surface area contributed by atoms with Gasteiger partial charge in [0.1, 0.15) is 5.75 Å². The van der Waals surface area contributed by atoms with Gasteiger partial charge < -0.3 is 14.6 Å². The zero-order valence-electron chi connectivity index (χ0n) is 11.7. The van der Waals surface area contributed by atoms with Crippen LogP contribution in [0, 0.1) is 0 Å². The average molecular weight is 273 g/mol. The van der Waals surface area contributed by atoms with Crippen LogP contribution >= 0.6 is 0 Å². The van der Waals surface area contributed by atoms with Gasteiger partial charge in [0.05, 0.1) is 13.4 Å². The lowest BCUT2D eigenvalue weighted by Gasteiger charge is -2.13. The first kappa shape index (κ1) is 14.1. The van der Waals surface area contributed by atoms with Gasteiger partial charge in [0, 0.05) is 31.4 Å². The molecule has 0 aliphatic rings. The van der Waals surface area contributed by atoms with Crippen LogP contribution in [0.25, 0.3) is 0 Å². The first-order chi connectivity index (χ1) is 9.69. The van der Waals surface area contributed by atoms with Crippen molar-refractivity contribution in [2.45, 2.75) is 25.9 Å². The summed E-state index contributed by atoms with van der Waals surface area (Å²) in [6.45, 7) is 2.52. The number of amides is 1. The molecule has 2 rings (SSSR count). The Labute approximate surface area is 118 Å². The van der Waals surface area contributed by atoms with Crippen molar-refractivity contribution in [1.82, 2.24) is 14.9 Å². The molecule has 1 aromatic heterocycles. The van der Waals surface area contributed by atoms with Gasteiger partial charge in [-0.05, 0) is 24.6 Å². The largest absolute Gasteiger partial charge is 0.497 e. The molecule has 106 valence electrons. The number of carbonyl (C=O) groups excluding carboxylic acids is 1. The van der Waals surface area contributed by atoms with Crippen LogP contribution in [0.1, 0.15) is 24.9 Å². The summed E-state index contributed by atoms with van der Waals surface area (Å²) in [6.07, 6.45) is 5.74. The average Bonchev–Trinajstić information content (AvgIpc) is 3.00. The summed E-state index contributed by atoms with van der Waals surface area (Å²) in [6, 6.07) is 7.76. The lowest BCUT2D eigenvalue weighted by Crippen LogP contribution is -2.25. The first-order valence-corrected chi connectivity index (χ1v) is 6.56. The summed E-state index contributed by atoms with van der Waals surface area (Å²) < 4.78 is 7.02. The molecule has 0 bridgehead atoms. The molecule has 1 aromatic carbocycles. The molecule has 0 unspecified atom stereocenters. The molecule has 1 amide bonds. The Morgan fingerprint density at radius 1 is 1.40 bits per heavy atom. The lowest BCUT2D eigenvalue weighted by atomic mass is 10.2. The minimum absolute atomic E-state index is 0.0296. The highest BCUT2D eigenvalue weighted by Gasteiger charge is 2.09. The van der Waals surface area contributed by atoms with Gasteiger partial charge in [-0.2, -0.15) is 0 Å². The van der Waals surface area contributed by atoms with Crippen molar-refractivity contribution in [3.63, 3.8) is 0 Å². The third kappa shape index (κ3) is 3.85. The molecule has 5 heteroatoms. The fraction of sp³-hybridized carbons (Fsp3) is 0.333. The second kappa shape index (κ2) is 6.75. The summed E-state index contributed by atoms with van der Waals surface area (Å²) in [5, 5.41) is 2.92. The van der Waals surface area contributed by atoms with Crippen LogP contribution in [-0.4, -0.2) is 22.6 Å². The van der Waals surface area contributed by atoms with E-state index >= 15 is 0 Å². The molecule has 20 heavy (non-hydrogen) atoms. The van der Waals surface area contributed by atoms with Crippen LogP contribution < -0.4 is 10.1 Å². The van der Waals surface area contributed by atoms with E-state index in [-0.39, 0.29) is 11.9 Å². The van der Waals surface area contributed by atoms with E-state index in [9.17, 15) is 4.79 Å². The van der Waals surface area contributed by atoms with Crippen molar-refractivity contribution in [3.05, 3.63) is 48.5 Å². The van der Waals surface area contributed by atoms with Gasteiger partial charge in [0.15, 0.2) is 0 Å². The third-order valence-corrected chi connectivity index (χ3v) is 3.16. The predicted molar refractivity (Wildman–Crippen MR) is 76.4 cm³/mol. The smallest absolute Gasteiger partial charge is 0.222 e. The van der Waals surface area contributed by atoms with Crippen molar-refractivity contribution in [1.29, 1.82) is 0 Å². The minimum Gasteiger partial charge on any atom is -0.497 e. The van der Waals surface area contributed by atoms with E-state index in [1.165, 1.54) is 0 Å². The molecule has 0 spiro atoms. The molecule has 0 radical (unpaired) electrons. The number of nitrogens with one attached hydrogen (secondary N) is 1. The van der Waals surface area contributed by atoms with Crippen LogP contribution in [0.5, 0.6) is 5.75 Å². The molecule has 0 aliphatic heterocycles. The maximum Gasteiger partial charge on any atom is 0.222 e. The van der Waals surface area contributed by atoms with Gasteiger partial charge in [0.2, 0.25) is 5.91 Å². The fourth-order valence-corrected chi connectivity index (χ4v) is 1.92. The summed E-state index contributed by atoms with van der Waals surface area (Å²) in [7, 11) is 1.63. The molecule has 5 nitrogen and oxygen atoms in total. The van der Waals surface area contributed by atoms with Crippen molar-refractivity contribution in [2.24, 2.45) is 0 Å². The third-order valence-electron chi connectivity index (χ3n) is 3.16. The summed E-state index contributed by atoms with van der Waals surface area (Å²) >= 11 is 0. The number of nitrogens with zero attached hydrogens (tertiary/aromatic N) is 2. The highest BCUT2D eigenvalue weighted by Crippen LogP contribution is 2.12. The molecule has 2 aromatic rings. The van der Waals surface area contributed by atoms with Gasteiger partial charge in [-0.3, -0.25) is 4.79 Å². The Morgan fingerprint density at radius 2 is 2.15 bits per heavy atom. The van der Waals surface area contributed by atoms with Crippen LogP contribution in [0.15, 0.2) is 43.0 Å². The Kier molecular flexibility index (Phi) is 4.76. The van der Waals surface area contributed by atoms with Crippen molar-refractivity contribution < 1.29 is 9.53 Å². The maximum atomic E-state index is 11.9. The van der Waals surface area contributed by atoms with Gasteiger partial charge in [-0.1, -0.05) is 12.1 Å². The molecular weight excluding hydrogens is 254 g/mol. The van der Waals surface area contributed by atoms with Crippen LogP contribution in [-0.2, 0) is 11.3 Å². The predicted octanol–water partition coefficient (Wildman–Crippen LogP) is 2.16. The second-order valence-corrected chi connectivity index (χ2v) is 4.69. The van der Waals surface area contributed by atoms with Gasteiger partial charge in [0.25, 0.3) is 0 Å². The zero-order chi connectivity index (χ0) is 14.4. The molecule has 1 N–H and O–H groups in total. The van der Waals surface area contributed by atoms with Crippen molar-refractivity contribution in [2.75, 3.05) is 7.11 Å². The lowest BCUT2D eigenvalue weighted by molar-refractivity contribution is -0.121. The molecular formula is C15H19N3O2. The van der Waals surface area contributed by atoms with Crippen LogP contribution in [0.2, 0.25) is 0 Å². The zero-order valence-corrected chi connectivity index (χ0v) is 11.7. The topological polar surface area (TPSA) is 56.1 Å². The monoisotopic (exact) mass is 273 g/mol. The number of rotatable bonds is 6. The molecule has 1 atom stereocenters. The summed E-state index contributed by atoms with van der Waals surface area (Å²) in [5.74, 6) is 0.843. The fourth-order valence-electron chi connectivity index (χ4n) is 1.92. The molecule has 0 aliphatic carbocycles. The summed E-state index contributed by atoms with van der Waals surface area (Å²) in [5.41, 5.74) is 1.05. The van der Waals surface area contributed by atoms with E-state index < -0.39 is 0 Å². The van der Waals surface area contributed by atoms with E-state index in [4.69, 9.17) is 4.74 Å². The second-order valence-electron chi connectivity index (χ2n) is 4.69. The van der Waals surface area contributed by atoms with Crippen LogP contribution in [0.4, 0.5) is 0 Å². The Hall–Kier alpha value is -2.30. The van der Waals surface area contributed by atoms with Crippen molar-refractivity contribution in [3.8, 4) is 5.75 Å². The van der Waals surface area contributed by atoms with E-state index in [2.05, 4.69) is 10.3 Å². The Balaban J connectivity index is 1.79. The van der Waals surface area contributed by atoms with E-state index in [0.29, 0.717) is 13.0 Å². The van der Waals surface area contributed by atoms with Crippen molar-refractivity contribution >= 4 is 5.91 Å². The maximum absolute atomic E-state index is 11.9. The number of ether oxygens (including phenoxy) is 1. The van der Waals surface area contributed by atoms with Crippen LogP contribution in [0.3, 0.4) is 0 Å². The number of aromatic nitrogens is 2. The van der Waals surface area contributed by atoms with Gasteiger partial charge >= 0.3 is 0 Å². The normalized spacial score (nSPS) is 11.9. The first-order valence-electron chi connectivity index (χ1n) is 6.56. The number of benzene rings is 1. The van der Waals surface area contributed by atoms with E-state index in [1.54, 1.807) is 19.6 Å². The number of methoxy groups -OCH3 is 1. The number of hydrogen-bond acceptors (Lipinski definition) is 3. The number of imidazole rings is 1. The number of carbonyl (C=O) groups is 1. The highest BCUT2D eigenvalue weighted by molar-refractivity contribution is 5.76. The van der Waals surface area contributed by atoms with E-state index in [0.717, 1.165) is 11.3 Å². The summed E-state index contributed by atoms with van der Waals surface area (Å²) in [4.78, 5) is 15.9. The number of hydrogen-bond donors (Lipinski definition) is 1. The molecule has 0 fully saturated rings. The van der Waals surface area contributed by atoms with E-state index in [1.807, 2.05) is 42.0 Å². The molecule has 0 saturated carbocycles. The molecule has 1 heterocycles. The Bertz CT molecular complexity index is 535. The Morgan fingerprint density at radius 3 is 2.75 bits per heavy atom. The van der Waals surface area contributed by atoms with Gasteiger partial charge in [-0.15, -0.1) is 0 Å². The molecule has 0 saturated heterocycles. The SMILES string of the molecule is COc1ccc(CNC(=O)C[C@H](C)n2ccnc2)cc1. The van der Waals surface area contributed by atoms with Gasteiger partial charge in [-0.25, -0.2) is 4.98 Å². The standard InChI is InChI=1S/C15H19N3O2/c1-12(18-8-7-16-11-18)9-15(19)17-10-13-3-5-14(20-2)6-4-13/h3-8,11-12H,9-10H2,1-2H3,(H,17,19)/t12-/m0/s1. The highest BCUT2D eigenvalue weighted by atomic mass is 16.5. The quantitative estimate of drug-likeness (QED) is 0.877.